The number of para-hydroxylation sites is 1. The molecule has 0 fully saturated rings. The number of thioether (sulfide) groups is 1. The number of aryl methyl sites for hydroxylation is 1. The molecule has 0 aliphatic carbocycles. The molecule has 0 radical (unpaired) electrons. The third kappa shape index (κ3) is 3.30. The maximum atomic E-state index is 6.05. The van der Waals surface area contributed by atoms with Gasteiger partial charge >= 0.3 is 0 Å². The third-order valence-corrected chi connectivity index (χ3v) is 5.56. The van der Waals surface area contributed by atoms with E-state index in [9.17, 15) is 0 Å². The highest BCUT2D eigenvalue weighted by atomic mass is 79.9. The number of rotatable bonds is 4. The van der Waals surface area contributed by atoms with Gasteiger partial charge in [0.2, 0.25) is 5.89 Å². The molecule has 2 heterocycles. The number of nitrogen functional groups attached to an aromatic ring is 1. The van der Waals surface area contributed by atoms with Crippen LogP contribution in [-0.4, -0.2) is 10.2 Å². The second kappa shape index (κ2) is 6.21. The van der Waals surface area contributed by atoms with Gasteiger partial charge in [0.1, 0.15) is 0 Å². The minimum atomic E-state index is 0.554. The molecule has 3 rings (SSSR count). The number of hydrogen-bond acceptors (Lipinski definition) is 6. The standard InChI is InChI=1S/C14H12BrN3OS2/c1-8-3-2-4-9(13(8)16)20-7-12-17-18-14(19-12)10-5-6-11(15)21-10/h2-6H,7,16H2,1H3. The van der Waals surface area contributed by atoms with Crippen molar-refractivity contribution in [2.75, 3.05) is 5.73 Å². The third-order valence-electron chi connectivity index (χ3n) is 2.89. The Bertz CT molecular complexity index is 769. The number of nitrogens with zero attached hydrogens (tertiary/aromatic N) is 2. The molecule has 0 aliphatic heterocycles. The van der Waals surface area contributed by atoms with Crippen LogP contribution in [0.1, 0.15) is 11.5 Å². The number of aromatic nitrogens is 2. The fourth-order valence-electron chi connectivity index (χ4n) is 1.76. The lowest BCUT2D eigenvalue weighted by Crippen LogP contribution is -1.92. The van der Waals surface area contributed by atoms with Gasteiger partial charge in [-0.2, -0.15) is 0 Å². The molecule has 2 N–H and O–H groups in total. The Morgan fingerprint density at radius 1 is 1.29 bits per heavy atom. The summed E-state index contributed by atoms with van der Waals surface area (Å²) < 4.78 is 6.72. The normalized spacial score (nSPS) is 11.0. The summed E-state index contributed by atoms with van der Waals surface area (Å²) in [4.78, 5) is 1.99. The van der Waals surface area contributed by atoms with E-state index in [0.717, 1.165) is 24.8 Å². The Kier molecular flexibility index (Phi) is 4.32. The number of anilines is 1. The molecule has 7 heteroatoms. The maximum absolute atomic E-state index is 6.05. The summed E-state index contributed by atoms with van der Waals surface area (Å²) in [7, 11) is 0. The first kappa shape index (κ1) is 14.6. The van der Waals surface area contributed by atoms with Crippen LogP contribution in [0.4, 0.5) is 5.69 Å². The van der Waals surface area contributed by atoms with Crippen molar-refractivity contribution in [3.8, 4) is 10.8 Å². The topological polar surface area (TPSA) is 64.9 Å². The highest BCUT2D eigenvalue weighted by Gasteiger charge is 2.11. The molecule has 0 bridgehead atoms. The van der Waals surface area contributed by atoms with Crippen LogP contribution >= 0.6 is 39.0 Å². The molecule has 0 atom stereocenters. The maximum Gasteiger partial charge on any atom is 0.257 e. The lowest BCUT2D eigenvalue weighted by molar-refractivity contribution is 0.529. The molecule has 4 nitrogen and oxygen atoms in total. The van der Waals surface area contributed by atoms with Gasteiger partial charge in [-0.3, -0.25) is 0 Å². The number of halogens is 1. The zero-order chi connectivity index (χ0) is 14.8. The molecule has 0 saturated carbocycles. The predicted molar refractivity (Wildman–Crippen MR) is 90.5 cm³/mol. The first-order chi connectivity index (χ1) is 10.1. The quantitative estimate of drug-likeness (QED) is 0.521. The Hall–Kier alpha value is -1.31. The van der Waals surface area contributed by atoms with E-state index < -0.39 is 0 Å². The van der Waals surface area contributed by atoms with Crippen molar-refractivity contribution in [3.63, 3.8) is 0 Å². The van der Waals surface area contributed by atoms with E-state index in [1.54, 1.807) is 23.1 Å². The number of hydrogen-bond donors (Lipinski definition) is 1. The molecule has 0 aliphatic rings. The van der Waals surface area contributed by atoms with Gasteiger partial charge in [0.15, 0.2) is 0 Å². The van der Waals surface area contributed by atoms with E-state index in [1.807, 2.05) is 37.3 Å². The fraction of sp³-hybridized carbons (Fsp3) is 0.143. The van der Waals surface area contributed by atoms with Gasteiger partial charge in [0.25, 0.3) is 5.89 Å². The number of benzene rings is 1. The van der Waals surface area contributed by atoms with Gasteiger partial charge in [-0.1, -0.05) is 12.1 Å². The molecule has 2 aromatic heterocycles. The second-order valence-electron chi connectivity index (χ2n) is 4.38. The van der Waals surface area contributed by atoms with Crippen molar-refractivity contribution < 1.29 is 4.42 Å². The zero-order valence-electron chi connectivity index (χ0n) is 11.2. The highest BCUT2D eigenvalue weighted by molar-refractivity contribution is 9.11. The van der Waals surface area contributed by atoms with Crippen molar-refractivity contribution in [3.05, 3.63) is 45.6 Å². The van der Waals surface area contributed by atoms with E-state index in [0.29, 0.717) is 17.5 Å². The number of nitrogens with two attached hydrogens (primary N) is 1. The van der Waals surface area contributed by atoms with Crippen LogP contribution < -0.4 is 5.73 Å². The van der Waals surface area contributed by atoms with Crippen molar-refractivity contribution in [2.24, 2.45) is 0 Å². The van der Waals surface area contributed by atoms with E-state index in [1.165, 1.54) is 0 Å². The van der Waals surface area contributed by atoms with Crippen molar-refractivity contribution in [2.45, 2.75) is 17.6 Å². The molecule has 0 unspecified atom stereocenters. The smallest absolute Gasteiger partial charge is 0.257 e. The van der Waals surface area contributed by atoms with Crippen molar-refractivity contribution >= 4 is 44.7 Å². The average molecular weight is 382 g/mol. The van der Waals surface area contributed by atoms with Gasteiger partial charge in [0.05, 0.1) is 14.4 Å². The van der Waals surface area contributed by atoms with E-state index >= 15 is 0 Å². The van der Waals surface area contributed by atoms with Crippen LogP contribution in [-0.2, 0) is 5.75 Å². The van der Waals surface area contributed by atoms with Gasteiger partial charge in [-0.25, -0.2) is 0 Å². The largest absolute Gasteiger partial charge is 0.419 e. The van der Waals surface area contributed by atoms with Crippen LogP contribution in [0.15, 0.2) is 43.4 Å². The van der Waals surface area contributed by atoms with E-state index in [2.05, 4.69) is 26.1 Å². The van der Waals surface area contributed by atoms with Crippen LogP contribution in [0.5, 0.6) is 0 Å². The Labute approximate surface area is 138 Å². The predicted octanol–water partition coefficient (Wildman–Crippen LogP) is 4.74. The zero-order valence-corrected chi connectivity index (χ0v) is 14.4. The number of thiophene rings is 1. The summed E-state index contributed by atoms with van der Waals surface area (Å²) in [6.45, 7) is 2.00. The molecule has 1 aromatic carbocycles. The average Bonchev–Trinajstić information content (AvgIpc) is 3.09. The molecule has 108 valence electrons. The summed E-state index contributed by atoms with van der Waals surface area (Å²) in [6, 6.07) is 9.92. The summed E-state index contributed by atoms with van der Waals surface area (Å²) in [6.07, 6.45) is 0. The Morgan fingerprint density at radius 3 is 2.90 bits per heavy atom. The molecule has 3 aromatic rings. The van der Waals surface area contributed by atoms with Crippen molar-refractivity contribution in [1.82, 2.24) is 10.2 Å². The van der Waals surface area contributed by atoms with Gasteiger partial charge in [-0.05, 0) is 46.6 Å². The summed E-state index contributed by atoms with van der Waals surface area (Å²) in [5, 5.41) is 8.16. The first-order valence-corrected chi connectivity index (χ1v) is 8.79. The summed E-state index contributed by atoms with van der Waals surface area (Å²) in [5.74, 6) is 1.76. The molecule has 0 saturated heterocycles. The van der Waals surface area contributed by atoms with Crippen LogP contribution in [0, 0.1) is 6.92 Å². The second-order valence-corrected chi connectivity index (χ2v) is 7.86. The molecular formula is C14H12BrN3OS2. The molecular weight excluding hydrogens is 370 g/mol. The Morgan fingerprint density at radius 2 is 2.14 bits per heavy atom. The summed E-state index contributed by atoms with van der Waals surface area (Å²) in [5.41, 5.74) is 7.94. The van der Waals surface area contributed by atoms with Gasteiger partial charge < -0.3 is 10.2 Å². The lowest BCUT2D eigenvalue weighted by Gasteiger charge is -2.05. The minimum absolute atomic E-state index is 0.554. The van der Waals surface area contributed by atoms with E-state index in [-0.39, 0.29) is 0 Å². The van der Waals surface area contributed by atoms with Gasteiger partial charge in [0, 0.05) is 10.6 Å². The molecule has 0 spiro atoms. The van der Waals surface area contributed by atoms with Crippen LogP contribution in [0.2, 0.25) is 0 Å². The van der Waals surface area contributed by atoms with E-state index in [4.69, 9.17) is 10.2 Å². The van der Waals surface area contributed by atoms with Crippen LogP contribution in [0.25, 0.3) is 10.8 Å². The monoisotopic (exact) mass is 381 g/mol. The first-order valence-electron chi connectivity index (χ1n) is 6.19. The molecule has 0 amide bonds. The Balaban J connectivity index is 1.72. The van der Waals surface area contributed by atoms with Gasteiger partial charge in [-0.15, -0.1) is 33.3 Å². The van der Waals surface area contributed by atoms with Crippen LogP contribution in [0.3, 0.4) is 0 Å². The lowest BCUT2D eigenvalue weighted by atomic mass is 10.2. The summed E-state index contributed by atoms with van der Waals surface area (Å²) >= 11 is 6.59. The molecule has 21 heavy (non-hydrogen) atoms. The fourth-order valence-corrected chi connectivity index (χ4v) is 3.95. The SMILES string of the molecule is Cc1cccc(SCc2nnc(-c3ccc(Br)s3)o2)c1N. The van der Waals surface area contributed by atoms with Crippen molar-refractivity contribution in [1.29, 1.82) is 0 Å². The minimum Gasteiger partial charge on any atom is -0.419 e. The highest BCUT2D eigenvalue weighted by Crippen LogP contribution is 2.33.